The third kappa shape index (κ3) is 5.16. The molecule has 0 aliphatic carbocycles. The Morgan fingerprint density at radius 1 is 0.920 bits per heavy atom. The zero-order valence-electron chi connectivity index (χ0n) is 14.9. The molecule has 134 valence electrons. The molecule has 1 saturated heterocycles. The van der Waals surface area contributed by atoms with Gasteiger partial charge >= 0.3 is 5.97 Å². The lowest BCUT2D eigenvalue weighted by Gasteiger charge is -2.37. The van der Waals surface area contributed by atoms with E-state index in [0.717, 1.165) is 41.5 Å². The van der Waals surface area contributed by atoms with Crippen LogP contribution in [0.1, 0.15) is 29.9 Å². The first-order valence-electron chi connectivity index (χ1n) is 8.67. The fraction of sp³-hybridized carbons (Fsp3) is 0.381. The van der Waals surface area contributed by atoms with E-state index in [2.05, 4.69) is 14.1 Å². The molecule has 0 atom stereocenters. The van der Waals surface area contributed by atoms with E-state index in [-0.39, 0.29) is 35.0 Å². The van der Waals surface area contributed by atoms with E-state index in [0.29, 0.717) is 0 Å². The lowest BCUT2D eigenvalue weighted by atomic mass is 9.91. The van der Waals surface area contributed by atoms with Crippen molar-refractivity contribution in [2.24, 2.45) is 0 Å². The number of nitrogens with zero attached hydrogens (tertiary/aromatic N) is 1. The number of likely N-dealkylation sites (tertiary alicyclic amines) is 1. The van der Waals surface area contributed by atoms with Gasteiger partial charge < -0.3 is 26.2 Å². The summed E-state index contributed by atoms with van der Waals surface area (Å²) >= 11 is 0. The first kappa shape index (κ1) is 19.7. The maximum absolute atomic E-state index is 12.9. The summed E-state index contributed by atoms with van der Waals surface area (Å²) in [6, 6.07) is 19.8. The summed E-state index contributed by atoms with van der Waals surface area (Å²) < 4.78 is 6.92. The third-order valence-corrected chi connectivity index (χ3v) is 4.90. The van der Waals surface area contributed by atoms with E-state index in [1.807, 2.05) is 60.7 Å². The van der Waals surface area contributed by atoms with Gasteiger partial charge in [0.25, 0.3) is 0 Å². The minimum absolute atomic E-state index is 0. The molecule has 0 unspecified atom stereocenters. The number of quaternary nitrogens is 1. The Bertz CT molecular complexity index is 623. The van der Waals surface area contributed by atoms with Crippen LogP contribution in [-0.4, -0.2) is 43.7 Å². The van der Waals surface area contributed by atoms with Crippen molar-refractivity contribution in [2.75, 3.05) is 27.2 Å². The van der Waals surface area contributed by atoms with Crippen molar-refractivity contribution < 1.29 is 31.0 Å². The Hall–Kier alpha value is -1.65. The molecular formula is C21H26BrNO2. The van der Waals surface area contributed by atoms with Crippen LogP contribution in [0, 0.1) is 0 Å². The zero-order valence-corrected chi connectivity index (χ0v) is 16.5. The van der Waals surface area contributed by atoms with Crippen LogP contribution in [0.5, 0.6) is 0 Å². The van der Waals surface area contributed by atoms with Crippen molar-refractivity contribution in [2.45, 2.75) is 24.9 Å². The summed E-state index contributed by atoms with van der Waals surface area (Å²) in [7, 11) is 4.46. The molecule has 0 N–H and O–H groups in total. The molecule has 0 radical (unpaired) electrons. The van der Waals surface area contributed by atoms with E-state index < -0.39 is 0 Å². The van der Waals surface area contributed by atoms with E-state index in [1.54, 1.807) is 0 Å². The van der Waals surface area contributed by atoms with Crippen LogP contribution in [0.2, 0.25) is 0 Å². The molecule has 0 bridgehead atoms. The quantitative estimate of drug-likeness (QED) is 0.552. The molecule has 1 aliphatic heterocycles. The van der Waals surface area contributed by atoms with Crippen LogP contribution in [0.25, 0.3) is 0 Å². The maximum Gasteiger partial charge on any atom is 0.318 e. The molecule has 25 heavy (non-hydrogen) atoms. The number of carbonyl (C=O) groups excluding carboxylic acids is 1. The summed E-state index contributed by atoms with van der Waals surface area (Å²) in [5.74, 6) is -0.485. The lowest BCUT2D eigenvalue weighted by molar-refractivity contribution is -0.896. The highest BCUT2D eigenvalue weighted by Gasteiger charge is 2.31. The molecule has 4 heteroatoms. The normalized spacial score (nSPS) is 16.9. The first-order chi connectivity index (χ1) is 11.6. The Kier molecular flexibility index (Phi) is 6.79. The standard InChI is InChI=1S/C21H26NO2.BrH/c1-22(2)15-13-19(14-16-22)24-21(23)20(17-9-5-3-6-10-17)18-11-7-4-8-12-18;/h3-12,19-20H,13-16H2,1-2H3;1H/q+1;/p-1. The highest BCUT2D eigenvalue weighted by atomic mass is 79.9. The van der Waals surface area contributed by atoms with E-state index in [1.165, 1.54) is 0 Å². The van der Waals surface area contributed by atoms with Crippen LogP contribution in [-0.2, 0) is 9.53 Å². The van der Waals surface area contributed by atoms with Gasteiger partial charge in [0.15, 0.2) is 0 Å². The highest BCUT2D eigenvalue weighted by molar-refractivity contribution is 5.82. The summed E-state index contributed by atoms with van der Waals surface area (Å²) in [5, 5.41) is 0. The van der Waals surface area contributed by atoms with Crippen molar-refractivity contribution in [1.29, 1.82) is 0 Å². The average Bonchev–Trinajstić information content (AvgIpc) is 2.59. The number of piperidine rings is 1. The van der Waals surface area contributed by atoms with Crippen molar-refractivity contribution in [1.82, 2.24) is 0 Å². The number of rotatable bonds is 4. The van der Waals surface area contributed by atoms with Gasteiger partial charge in [0.05, 0.1) is 27.2 Å². The maximum atomic E-state index is 12.9. The minimum atomic E-state index is -0.350. The van der Waals surface area contributed by atoms with E-state index >= 15 is 0 Å². The van der Waals surface area contributed by atoms with Crippen LogP contribution < -0.4 is 17.0 Å². The topological polar surface area (TPSA) is 26.3 Å². The van der Waals surface area contributed by atoms with Gasteiger partial charge in [-0.15, -0.1) is 0 Å². The predicted molar refractivity (Wildman–Crippen MR) is 95.7 cm³/mol. The number of halogens is 1. The Balaban J connectivity index is 0.00000225. The largest absolute Gasteiger partial charge is 1.00 e. The molecule has 3 nitrogen and oxygen atoms in total. The molecule has 1 aliphatic rings. The van der Waals surface area contributed by atoms with Gasteiger partial charge in [-0.25, -0.2) is 0 Å². The molecule has 1 fully saturated rings. The summed E-state index contributed by atoms with van der Waals surface area (Å²) in [5.41, 5.74) is 1.97. The van der Waals surface area contributed by atoms with Crippen molar-refractivity contribution >= 4 is 5.97 Å². The number of carbonyl (C=O) groups is 1. The molecule has 3 rings (SSSR count). The van der Waals surface area contributed by atoms with Gasteiger partial charge in [-0.1, -0.05) is 60.7 Å². The van der Waals surface area contributed by atoms with Crippen LogP contribution in [0.15, 0.2) is 60.7 Å². The second kappa shape index (κ2) is 8.63. The zero-order chi connectivity index (χ0) is 17.0. The second-order valence-electron chi connectivity index (χ2n) is 7.27. The second-order valence-corrected chi connectivity index (χ2v) is 7.27. The van der Waals surface area contributed by atoms with Crippen molar-refractivity contribution in [3.8, 4) is 0 Å². The van der Waals surface area contributed by atoms with E-state index in [9.17, 15) is 4.79 Å². The Morgan fingerprint density at radius 3 is 1.80 bits per heavy atom. The van der Waals surface area contributed by atoms with Crippen LogP contribution >= 0.6 is 0 Å². The smallest absolute Gasteiger partial charge is 0.318 e. The molecule has 2 aromatic rings. The molecule has 1 heterocycles. The van der Waals surface area contributed by atoms with Crippen LogP contribution in [0.3, 0.4) is 0 Å². The summed E-state index contributed by atoms with van der Waals surface area (Å²) in [6.07, 6.45) is 1.92. The minimum Gasteiger partial charge on any atom is -1.00 e. The summed E-state index contributed by atoms with van der Waals surface area (Å²) in [6.45, 7) is 2.11. The van der Waals surface area contributed by atoms with Gasteiger partial charge in [0.2, 0.25) is 0 Å². The van der Waals surface area contributed by atoms with Gasteiger partial charge in [0, 0.05) is 12.8 Å². The van der Waals surface area contributed by atoms with Gasteiger partial charge in [0.1, 0.15) is 12.0 Å². The Morgan fingerprint density at radius 2 is 1.36 bits per heavy atom. The lowest BCUT2D eigenvalue weighted by Crippen LogP contribution is -3.00. The number of ether oxygens (including phenoxy) is 1. The molecule has 2 aromatic carbocycles. The first-order valence-corrected chi connectivity index (χ1v) is 8.67. The molecule has 0 aromatic heterocycles. The molecule has 0 amide bonds. The summed E-state index contributed by atoms with van der Waals surface area (Å²) in [4.78, 5) is 12.9. The number of benzene rings is 2. The average molecular weight is 404 g/mol. The molecule has 0 saturated carbocycles. The van der Waals surface area contributed by atoms with Gasteiger partial charge in [-0.2, -0.15) is 0 Å². The third-order valence-electron chi connectivity index (χ3n) is 4.90. The fourth-order valence-electron chi connectivity index (χ4n) is 3.35. The SMILES string of the molecule is C[N+]1(C)CCC(OC(=O)C(c2ccccc2)c2ccccc2)CC1.[Br-]. The number of hydrogen-bond donors (Lipinski definition) is 0. The monoisotopic (exact) mass is 403 g/mol. The number of esters is 1. The Labute approximate surface area is 161 Å². The number of hydrogen-bond acceptors (Lipinski definition) is 2. The predicted octanol–water partition coefficient (Wildman–Crippen LogP) is 0.605. The fourth-order valence-corrected chi connectivity index (χ4v) is 3.35. The van der Waals surface area contributed by atoms with Gasteiger partial charge in [-0.3, -0.25) is 4.79 Å². The van der Waals surface area contributed by atoms with Crippen LogP contribution in [0.4, 0.5) is 0 Å². The molecular weight excluding hydrogens is 378 g/mol. The van der Waals surface area contributed by atoms with Gasteiger partial charge in [-0.05, 0) is 11.1 Å². The molecule has 0 spiro atoms. The van der Waals surface area contributed by atoms with Crippen molar-refractivity contribution in [3.63, 3.8) is 0 Å². The highest BCUT2D eigenvalue weighted by Crippen LogP contribution is 2.28. The van der Waals surface area contributed by atoms with E-state index in [4.69, 9.17) is 4.74 Å². The van der Waals surface area contributed by atoms with Crippen molar-refractivity contribution in [3.05, 3.63) is 71.8 Å².